The van der Waals surface area contributed by atoms with E-state index in [1.807, 2.05) is 19.1 Å². The molecule has 0 aliphatic carbocycles. The lowest BCUT2D eigenvalue weighted by atomic mass is 10.1. The molecule has 0 fully saturated rings. The quantitative estimate of drug-likeness (QED) is 0.624. The molecule has 0 aliphatic heterocycles. The zero-order valence-electron chi connectivity index (χ0n) is 14.3. The van der Waals surface area contributed by atoms with E-state index >= 15 is 0 Å². The van der Waals surface area contributed by atoms with Crippen molar-refractivity contribution >= 4 is 17.8 Å². The molecule has 0 atom stereocenters. The lowest BCUT2D eigenvalue weighted by Gasteiger charge is -2.09. The van der Waals surface area contributed by atoms with Crippen molar-refractivity contribution in [1.82, 2.24) is 10.6 Å². The number of carbonyl (C=O) groups is 3. The summed E-state index contributed by atoms with van der Waals surface area (Å²) in [5.74, 6) is -1.39. The number of hydrogen-bond donors (Lipinski definition) is 3. The van der Waals surface area contributed by atoms with Crippen LogP contribution in [0.3, 0.4) is 0 Å². The van der Waals surface area contributed by atoms with E-state index in [0.29, 0.717) is 5.75 Å². The summed E-state index contributed by atoms with van der Waals surface area (Å²) < 4.78 is 5.35. The number of aryl methyl sites for hydroxylation is 1. The third kappa shape index (κ3) is 5.62. The van der Waals surface area contributed by atoms with Crippen molar-refractivity contribution in [2.75, 3.05) is 19.7 Å². The van der Waals surface area contributed by atoms with Crippen molar-refractivity contribution in [3.63, 3.8) is 0 Å². The summed E-state index contributed by atoms with van der Waals surface area (Å²) in [5, 5.41) is 14.3. The number of hydrogen-bond acceptors (Lipinski definition) is 4. The first-order valence-corrected chi connectivity index (χ1v) is 8.04. The Morgan fingerprint density at radius 1 is 0.923 bits per heavy atom. The molecule has 0 bridgehead atoms. The fourth-order valence-electron chi connectivity index (χ4n) is 2.18. The van der Waals surface area contributed by atoms with Gasteiger partial charge in [-0.2, -0.15) is 0 Å². The third-order valence-electron chi connectivity index (χ3n) is 3.53. The van der Waals surface area contributed by atoms with E-state index in [1.165, 1.54) is 12.1 Å². The van der Waals surface area contributed by atoms with Crippen LogP contribution in [0, 0.1) is 6.92 Å². The van der Waals surface area contributed by atoms with Gasteiger partial charge in [-0.05, 0) is 31.2 Å². The number of carboxylic acid groups (broad SMARTS) is 1. The maximum Gasteiger partial charge on any atom is 0.336 e. The van der Waals surface area contributed by atoms with Crippen molar-refractivity contribution in [3.8, 4) is 5.75 Å². The second kappa shape index (κ2) is 9.22. The first-order chi connectivity index (χ1) is 12.5. The molecule has 0 saturated carbocycles. The average molecular weight is 356 g/mol. The SMILES string of the molecule is Cc1ccc(OCC(=O)NCCNC(=O)c2ccccc2C(=O)O)cc1. The number of carbonyl (C=O) groups excluding carboxylic acids is 2. The number of benzene rings is 2. The van der Waals surface area contributed by atoms with Gasteiger partial charge in [0.15, 0.2) is 6.61 Å². The zero-order valence-corrected chi connectivity index (χ0v) is 14.3. The van der Waals surface area contributed by atoms with Crippen LogP contribution in [0.15, 0.2) is 48.5 Å². The molecule has 2 aromatic rings. The molecule has 7 nitrogen and oxygen atoms in total. The van der Waals surface area contributed by atoms with Crippen LogP contribution in [0.1, 0.15) is 26.3 Å². The summed E-state index contributed by atoms with van der Waals surface area (Å²) in [6.07, 6.45) is 0. The highest BCUT2D eigenvalue weighted by Gasteiger charge is 2.15. The van der Waals surface area contributed by atoms with Gasteiger partial charge in [-0.1, -0.05) is 29.8 Å². The molecule has 0 spiro atoms. The largest absolute Gasteiger partial charge is 0.484 e. The summed E-state index contributed by atoms with van der Waals surface area (Å²) in [6, 6.07) is 13.3. The Bertz CT molecular complexity index is 787. The number of amides is 2. The fraction of sp³-hybridized carbons (Fsp3) is 0.211. The van der Waals surface area contributed by atoms with Crippen LogP contribution in [0.4, 0.5) is 0 Å². The summed E-state index contributed by atoms with van der Waals surface area (Å²) >= 11 is 0. The highest BCUT2D eigenvalue weighted by molar-refractivity contribution is 6.04. The van der Waals surface area contributed by atoms with Crippen molar-refractivity contribution in [1.29, 1.82) is 0 Å². The molecule has 2 amide bonds. The Labute approximate surface area is 151 Å². The van der Waals surface area contributed by atoms with Gasteiger partial charge in [0.05, 0.1) is 11.1 Å². The van der Waals surface area contributed by atoms with Crippen molar-refractivity contribution < 1.29 is 24.2 Å². The van der Waals surface area contributed by atoms with E-state index in [0.717, 1.165) is 5.56 Å². The Morgan fingerprint density at radius 3 is 2.19 bits per heavy atom. The van der Waals surface area contributed by atoms with Crippen LogP contribution in [0.2, 0.25) is 0 Å². The van der Waals surface area contributed by atoms with Gasteiger partial charge < -0.3 is 20.5 Å². The van der Waals surface area contributed by atoms with E-state index in [9.17, 15) is 14.4 Å². The Balaban J connectivity index is 1.71. The van der Waals surface area contributed by atoms with Gasteiger partial charge in [0.25, 0.3) is 11.8 Å². The number of carboxylic acids is 1. The predicted molar refractivity (Wildman–Crippen MR) is 95.4 cm³/mol. The minimum Gasteiger partial charge on any atom is -0.484 e. The van der Waals surface area contributed by atoms with Crippen molar-refractivity contribution in [3.05, 3.63) is 65.2 Å². The molecular weight excluding hydrogens is 336 g/mol. The molecule has 7 heteroatoms. The molecule has 136 valence electrons. The molecule has 26 heavy (non-hydrogen) atoms. The third-order valence-corrected chi connectivity index (χ3v) is 3.53. The smallest absolute Gasteiger partial charge is 0.336 e. The van der Waals surface area contributed by atoms with Crippen LogP contribution in [-0.4, -0.2) is 42.6 Å². The molecule has 0 heterocycles. The van der Waals surface area contributed by atoms with E-state index in [-0.39, 0.29) is 36.7 Å². The monoisotopic (exact) mass is 356 g/mol. The minimum absolute atomic E-state index is 0.0690. The maximum atomic E-state index is 12.0. The highest BCUT2D eigenvalue weighted by Crippen LogP contribution is 2.11. The second-order valence-electron chi connectivity index (χ2n) is 5.56. The van der Waals surface area contributed by atoms with Crippen molar-refractivity contribution in [2.24, 2.45) is 0 Å². The summed E-state index contributed by atoms with van der Waals surface area (Å²) in [5.41, 5.74) is 1.11. The fourth-order valence-corrected chi connectivity index (χ4v) is 2.18. The topological polar surface area (TPSA) is 105 Å². The van der Waals surface area contributed by atoms with Crippen LogP contribution in [-0.2, 0) is 4.79 Å². The number of rotatable bonds is 8. The van der Waals surface area contributed by atoms with E-state index in [4.69, 9.17) is 9.84 Å². The lowest BCUT2D eigenvalue weighted by molar-refractivity contribution is -0.123. The maximum absolute atomic E-state index is 12.0. The van der Waals surface area contributed by atoms with Crippen LogP contribution >= 0.6 is 0 Å². The summed E-state index contributed by atoms with van der Waals surface area (Å²) in [7, 11) is 0. The van der Waals surface area contributed by atoms with Gasteiger partial charge in [0.2, 0.25) is 0 Å². The van der Waals surface area contributed by atoms with Crippen molar-refractivity contribution in [2.45, 2.75) is 6.92 Å². The zero-order chi connectivity index (χ0) is 18.9. The molecule has 0 aromatic heterocycles. The Hall–Kier alpha value is -3.35. The highest BCUT2D eigenvalue weighted by atomic mass is 16.5. The molecule has 0 unspecified atom stereocenters. The Morgan fingerprint density at radius 2 is 1.54 bits per heavy atom. The first kappa shape index (κ1) is 19.0. The first-order valence-electron chi connectivity index (χ1n) is 8.04. The minimum atomic E-state index is -1.17. The molecule has 0 saturated heterocycles. The van der Waals surface area contributed by atoms with Gasteiger partial charge in [-0.15, -0.1) is 0 Å². The number of nitrogens with one attached hydrogen (secondary N) is 2. The lowest BCUT2D eigenvalue weighted by Crippen LogP contribution is -2.37. The molecule has 0 radical (unpaired) electrons. The van der Waals surface area contributed by atoms with E-state index in [1.54, 1.807) is 24.3 Å². The number of aromatic carboxylic acids is 1. The van der Waals surface area contributed by atoms with Crippen LogP contribution in [0.25, 0.3) is 0 Å². The molecule has 2 aromatic carbocycles. The molecule has 2 rings (SSSR count). The average Bonchev–Trinajstić information content (AvgIpc) is 2.64. The van der Waals surface area contributed by atoms with Gasteiger partial charge in [-0.25, -0.2) is 4.79 Å². The van der Waals surface area contributed by atoms with Gasteiger partial charge in [-0.3, -0.25) is 9.59 Å². The standard InChI is InChI=1S/C19H20N2O5/c1-13-6-8-14(9-7-13)26-12-17(22)20-10-11-21-18(23)15-4-2-3-5-16(15)19(24)25/h2-9H,10-12H2,1H3,(H,20,22)(H,21,23)(H,24,25). The van der Waals surface area contributed by atoms with Gasteiger partial charge in [0.1, 0.15) is 5.75 Å². The van der Waals surface area contributed by atoms with Crippen LogP contribution in [0.5, 0.6) is 5.75 Å². The second-order valence-corrected chi connectivity index (χ2v) is 5.56. The van der Waals surface area contributed by atoms with E-state index in [2.05, 4.69) is 10.6 Å². The van der Waals surface area contributed by atoms with Gasteiger partial charge >= 0.3 is 5.97 Å². The Kier molecular flexibility index (Phi) is 6.73. The molecule has 3 N–H and O–H groups in total. The van der Waals surface area contributed by atoms with E-state index < -0.39 is 11.9 Å². The predicted octanol–water partition coefficient (Wildman–Crippen LogP) is 1.62. The van der Waals surface area contributed by atoms with Crippen LogP contribution < -0.4 is 15.4 Å². The molecule has 0 aliphatic rings. The summed E-state index contributed by atoms with van der Waals surface area (Å²) in [6.45, 7) is 2.21. The van der Waals surface area contributed by atoms with Gasteiger partial charge in [0, 0.05) is 13.1 Å². The molecular formula is C19H20N2O5. The number of ether oxygens (including phenoxy) is 1. The normalized spacial score (nSPS) is 10.0. The summed E-state index contributed by atoms with van der Waals surface area (Å²) in [4.78, 5) is 34.9.